The van der Waals surface area contributed by atoms with Gasteiger partial charge in [0.05, 0.1) is 0 Å². The molecule has 0 aromatic rings. The van der Waals surface area contributed by atoms with E-state index in [1.807, 2.05) is 0 Å². The number of rotatable bonds is 3. The third-order valence-corrected chi connectivity index (χ3v) is 7.29. The van der Waals surface area contributed by atoms with E-state index >= 15 is 0 Å². The van der Waals surface area contributed by atoms with E-state index in [-0.39, 0.29) is 0 Å². The van der Waals surface area contributed by atoms with Crippen molar-refractivity contribution in [2.24, 2.45) is 23.7 Å². The summed E-state index contributed by atoms with van der Waals surface area (Å²) in [7, 11) is 0. The van der Waals surface area contributed by atoms with Crippen LogP contribution in [0.1, 0.15) is 55.4 Å². The fraction of sp³-hybridized carbons (Fsp3) is 0.400. The summed E-state index contributed by atoms with van der Waals surface area (Å²) in [6.07, 6.45) is 19.1. The molecule has 2 saturated carbocycles. The summed E-state index contributed by atoms with van der Waals surface area (Å²) in [5.74, 6) is 10.4. The molecule has 0 bridgehead atoms. The van der Waals surface area contributed by atoms with Gasteiger partial charge in [-0.25, -0.2) is 0 Å². The number of fused-ring (bicyclic) bond motifs is 2. The van der Waals surface area contributed by atoms with E-state index in [1.165, 1.54) is 40.7 Å². The molecule has 10 radical (unpaired) electrons. The Hall–Kier alpha value is -1.04. The molecule has 0 aliphatic heterocycles. The van der Waals surface area contributed by atoms with E-state index in [0.29, 0.717) is 23.7 Å². The molecule has 30 heavy (non-hydrogen) atoms. The predicted molar refractivity (Wildman–Crippen MR) is 128 cm³/mol. The maximum absolute atomic E-state index is 2.58. The molecule has 0 saturated heterocycles. The van der Waals surface area contributed by atoms with Gasteiger partial charge in [0.25, 0.3) is 0 Å². The minimum Gasteiger partial charge on any atom is -0.0771 e. The highest BCUT2D eigenvalue weighted by Gasteiger charge is 2.48. The van der Waals surface area contributed by atoms with Crippen LogP contribution in [0, 0.1) is 84.9 Å². The quantitative estimate of drug-likeness (QED) is 0.460. The summed E-state index contributed by atoms with van der Waals surface area (Å²) < 4.78 is 0. The highest BCUT2D eigenvalue weighted by atomic mass is 14.5. The van der Waals surface area contributed by atoms with Gasteiger partial charge in [-0.15, -0.1) is 0 Å². The Bertz CT molecular complexity index is 770. The van der Waals surface area contributed by atoms with Gasteiger partial charge < -0.3 is 0 Å². The van der Waals surface area contributed by atoms with Gasteiger partial charge in [0, 0.05) is 29.6 Å². The molecule has 0 heterocycles. The van der Waals surface area contributed by atoms with Crippen LogP contribution >= 0.6 is 0 Å². The Labute approximate surface area is 187 Å². The molecule has 0 spiro atoms. The van der Waals surface area contributed by atoms with Crippen molar-refractivity contribution < 1.29 is 0 Å². The molecule has 2 unspecified atom stereocenters. The number of hydrogen-bond acceptors (Lipinski definition) is 0. The third-order valence-electron chi connectivity index (χ3n) is 7.29. The van der Waals surface area contributed by atoms with Crippen LogP contribution in [0.2, 0.25) is 0 Å². The zero-order chi connectivity index (χ0) is 21.7. The molecule has 2 atom stereocenters. The first-order chi connectivity index (χ1) is 14.2. The van der Waals surface area contributed by atoms with Crippen molar-refractivity contribution in [1.82, 2.24) is 0 Å². The van der Waals surface area contributed by atoms with Crippen molar-refractivity contribution in [1.29, 1.82) is 0 Å². The summed E-state index contributed by atoms with van der Waals surface area (Å²) >= 11 is 0. The Balaban J connectivity index is 1.86. The van der Waals surface area contributed by atoms with Crippen molar-refractivity contribution in [2.45, 2.75) is 55.4 Å². The van der Waals surface area contributed by atoms with Gasteiger partial charge in [0.15, 0.2) is 0 Å². The Morgan fingerprint density at radius 2 is 1.27 bits per heavy atom. The maximum atomic E-state index is 2.58. The van der Waals surface area contributed by atoms with Crippen LogP contribution in [0.25, 0.3) is 0 Å². The summed E-state index contributed by atoms with van der Waals surface area (Å²) in [4.78, 5) is 0. The van der Waals surface area contributed by atoms with Crippen LogP contribution in [0.3, 0.4) is 0 Å². The summed E-state index contributed by atoms with van der Waals surface area (Å²) in [6.45, 7) is 18.6. The Morgan fingerprint density at radius 3 is 1.93 bits per heavy atom. The van der Waals surface area contributed by atoms with E-state index in [9.17, 15) is 0 Å². The van der Waals surface area contributed by atoms with Crippen LogP contribution in [0.4, 0.5) is 0 Å². The first-order valence-electron chi connectivity index (χ1n) is 11.5. The molecule has 4 aliphatic rings. The number of allylic oxidation sites excluding steroid dienone is 8. The van der Waals surface area contributed by atoms with Crippen LogP contribution in [-0.4, -0.2) is 0 Å². The van der Waals surface area contributed by atoms with E-state index in [4.69, 9.17) is 0 Å². The van der Waals surface area contributed by atoms with E-state index in [2.05, 4.69) is 105 Å². The van der Waals surface area contributed by atoms with Gasteiger partial charge in [0.2, 0.25) is 0 Å². The molecule has 0 aromatic carbocycles. The minimum atomic E-state index is 0.379. The SMILES string of the molecule is C[C]1[CH][CH][C]2[C]1C=C(C(C)C)C(C1[C]3[C](C)[CH][CH][C]3C(C)=CC=C1C(C)C)C=C2C. The minimum absolute atomic E-state index is 0.379. The van der Waals surface area contributed by atoms with Crippen LogP contribution < -0.4 is 0 Å². The standard InChI is InChI=1S/C30H36/c1-17(2)23-12-9-19(5)25-14-11-21(7)29(25)30(23)28-15-22(8)24-13-10-20(6)27(24)16-26(28)18(3)4/h9-18,28,30H,1-8H3. The van der Waals surface area contributed by atoms with Gasteiger partial charge in [-0.1, -0.05) is 88.1 Å². The highest BCUT2D eigenvalue weighted by Crippen LogP contribution is 2.58. The van der Waals surface area contributed by atoms with Gasteiger partial charge in [-0.2, -0.15) is 0 Å². The fourth-order valence-corrected chi connectivity index (χ4v) is 5.57. The lowest BCUT2D eigenvalue weighted by atomic mass is 9.64. The number of hydrogen-bond donors (Lipinski definition) is 0. The van der Waals surface area contributed by atoms with E-state index < -0.39 is 0 Å². The summed E-state index contributed by atoms with van der Waals surface area (Å²) in [5, 5.41) is 0. The predicted octanol–water partition coefficient (Wildman–Crippen LogP) is 7.63. The lowest BCUT2D eigenvalue weighted by Crippen LogP contribution is -2.31. The molecule has 0 aromatic heterocycles. The van der Waals surface area contributed by atoms with Crippen molar-refractivity contribution in [3.8, 4) is 0 Å². The normalized spacial score (nSPS) is 30.7. The van der Waals surface area contributed by atoms with Crippen LogP contribution in [0.15, 0.2) is 46.6 Å². The van der Waals surface area contributed by atoms with Crippen LogP contribution in [0.5, 0.6) is 0 Å². The van der Waals surface area contributed by atoms with Gasteiger partial charge >= 0.3 is 0 Å². The average molecular weight is 397 g/mol. The molecular weight excluding hydrogens is 360 g/mol. The summed E-state index contributed by atoms with van der Waals surface area (Å²) in [5.41, 5.74) is 5.92. The first-order valence-corrected chi connectivity index (χ1v) is 11.5. The van der Waals surface area contributed by atoms with Crippen molar-refractivity contribution in [3.63, 3.8) is 0 Å². The smallest absolute Gasteiger partial charge is 0.0158 e. The topological polar surface area (TPSA) is 0 Å². The van der Waals surface area contributed by atoms with Gasteiger partial charge in [-0.05, 0) is 69.1 Å². The second-order valence-corrected chi connectivity index (χ2v) is 10.0. The molecule has 0 amide bonds. The van der Waals surface area contributed by atoms with Gasteiger partial charge in [-0.3, -0.25) is 0 Å². The average Bonchev–Trinajstić information content (AvgIpc) is 3.13. The molecular formula is C30H36. The molecule has 4 rings (SSSR count). The zero-order valence-electron chi connectivity index (χ0n) is 19.9. The monoisotopic (exact) mass is 396 g/mol. The van der Waals surface area contributed by atoms with Crippen molar-refractivity contribution in [2.75, 3.05) is 0 Å². The maximum Gasteiger partial charge on any atom is 0.0158 e. The molecule has 0 N–H and O–H groups in total. The molecule has 0 nitrogen and oxygen atoms in total. The van der Waals surface area contributed by atoms with E-state index in [0.717, 1.165) is 0 Å². The fourth-order valence-electron chi connectivity index (χ4n) is 5.57. The largest absolute Gasteiger partial charge is 0.0771 e. The Kier molecular flexibility index (Phi) is 6.26. The zero-order valence-corrected chi connectivity index (χ0v) is 19.9. The Morgan fingerprint density at radius 1 is 0.633 bits per heavy atom. The molecule has 2 fully saturated rings. The molecule has 0 heteroatoms. The molecule has 4 aliphatic carbocycles. The molecule has 156 valence electrons. The van der Waals surface area contributed by atoms with Crippen molar-refractivity contribution in [3.05, 3.63) is 108 Å². The summed E-state index contributed by atoms with van der Waals surface area (Å²) in [6, 6.07) is 0. The second kappa shape index (κ2) is 8.48. The highest BCUT2D eigenvalue weighted by molar-refractivity contribution is 5.66. The lowest BCUT2D eigenvalue weighted by molar-refractivity contribution is 0.453. The third kappa shape index (κ3) is 3.71. The first kappa shape index (κ1) is 22.2. The van der Waals surface area contributed by atoms with E-state index in [1.54, 1.807) is 17.1 Å². The lowest BCUT2D eigenvalue weighted by Gasteiger charge is -2.39. The van der Waals surface area contributed by atoms with Gasteiger partial charge in [0.1, 0.15) is 0 Å². The van der Waals surface area contributed by atoms with Crippen LogP contribution in [-0.2, 0) is 0 Å². The van der Waals surface area contributed by atoms with Crippen molar-refractivity contribution >= 4 is 0 Å². The second-order valence-electron chi connectivity index (χ2n) is 10.0.